The van der Waals surface area contributed by atoms with E-state index in [1.807, 2.05) is 63.7 Å². The minimum atomic E-state index is -1.47. The van der Waals surface area contributed by atoms with E-state index in [0.717, 1.165) is 38.9 Å². The van der Waals surface area contributed by atoms with Crippen molar-refractivity contribution in [2.24, 2.45) is 12.5 Å². The van der Waals surface area contributed by atoms with E-state index in [0.29, 0.717) is 11.3 Å². The molecule has 3 nitrogen and oxygen atoms in total. The van der Waals surface area contributed by atoms with Crippen molar-refractivity contribution in [2.45, 2.75) is 41.0 Å². The number of hydrogen-bond acceptors (Lipinski definition) is 2. The molecular weight excluding hydrogens is 332 g/mol. The molecule has 3 heterocycles. The second-order valence-corrected chi connectivity index (χ2v) is 8.33. The summed E-state index contributed by atoms with van der Waals surface area (Å²) in [4.78, 5) is 4.56. The zero-order valence-corrected chi connectivity index (χ0v) is 16.8. The van der Waals surface area contributed by atoms with Crippen LogP contribution in [-0.4, -0.2) is 4.98 Å². The SMILES string of the molecule is [2H]C([2H])(c1cc[n+](C)c(-c2c(C)ccc3c2oc2nc(C)ccc23)c1)C(C)(C)C. The fourth-order valence-electron chi connectivity index (χ4n) is 3.56. The maximum Gasteiger partial charge on any atom is 0.227 e. The van der Waals surface area contributed by atoms with Crippen molar-refractivity contribution >= 4 is 22.1 Å². The van der Waals surface area contributed by atoms with Crippen molar-refractivity contribution in [3.63, 3.8) is 0 Å². The molecule has 138 valence electrons. The van der Waals surface area contributed by atoms with E-state index in [-0.39, 0.29) is 0 Å². The summed E-state index contributed by atoms with van der Waals surface area (Å²) in [6, 6.07) is 12.0. The highest BCUT2D eigenvalue weighted by atomic mass is 16.3. The summed E-state index contributed by atoms with van der Waals surface area (Å²) in [5.74, 6) is 0. The topological polar surface area (TPSA) is 29.9 Å². The smallest absolute Gasteiger partial charge is 0.227 e. The predicted molar refractivity (Wildman–Crippen MR) is 111 cm³/mol. The Morgan fingerprint density at radius 1 is 1.07 bits per heavy atom. The lowest BCUT2D eigenvalue weighted by Crippen LogP contribution is -2.31. The molecule has 0 saturated carbocycles. The maximum atomic E-state index is 8.70. The molecule has 0 amide bonds. The lowest BCUT2D eigenvalue weighted by Gasteiger charge is -2.18. The summed E-state index contributed by atoms with van der Waals surface area (Å²) in [5, 5.41) is 2.02. The van der Waals surface area contributed by atoms with Gasteiger partial charge in [-0.3, -0.25) is 0 Å². The van der Waals surface area contributed by atoms with Crippen LogP contribution >= 0.6 is 0 Å². The Bertz CT molecular complexity index is 1250. The van der Waals surface area contributed by atoms with Crippen LogP contribution in [0.1, 0.15) is 40.3 Å². The molecule has 0 aliphatic carbocycles. The Balaban J connectivity index is 2.03. The van der Waals surface area contributed by atoms with E-state index in [9.17, 15) is 0 Å². The van der Waals surface area contributed by atoms with Gasteiger partial charge in [0.25, 0.3) is 0 Å². The largest absolute Gasteiger partial charge is 0.437 e. The van der Waals surface area contributed by atoms with Gasteiger partial charge in [-0.1, -0.05) is 32.9 Å². The van der Waals surface area contributed by atoms with Gasteiger partial charge in [0.1, 0.15) is 7.05 Å². The van der Waals surface area contributed by atoms with Gasteiger partial charge in [0.2, 0.25) is 11.4 Å². The summed E-state index contributed by atoms with van der Waals surface area (Å²) < 4.78 is 25.7. The lowest BCUT2D eigenvalue weighted by atomic mass is 9.88. The quantitative estimate of drug-likeness (QED) is 0.430. The number of rotatable bonds is 2. The molecule has 0 aliphatic rings. The Morgan fingerprint density at radius 3 is 2.56 bits per heavy atom. The number of furan rings is 1. The van der Waals surface area contributed by atoms with E-state index in [4.69, 9.17) is 7.16 Å². The number of hydrogen-bond donors (Lipinski definition) is 0. The highest BCUT2D eigenvalue weighted by molar-refractivity contribution is 6.08. The van der Waals surface area contributed by atoms with Gasteiger partial charge < -0.3 is 4.42 Å². The monoisotopic (exact) mass is 361 g/mol. The fraction of sp³-hybridized carbons (Fsp3) is 0.333. The average molecular weight is 362 g/mol. The first-order valence-electron chi connectivity index (χ1n) is 10.3. The van der Waals surface area contributed by atoms with Gasteiger partial charge in [-0.2, -0.15) is 0 Å². The minimum Gasteiger partial charge on any atom is -0.437 e. The molecule has 3 aromatic heterocycles. The summed E-state index contributed by atoms with van der Waals surface area (Å²) in [6.07, 6.45) is 0.460. The molecule has 4 aromatic rings. The van der Waals surface area contributed by atoms with Crippen molar-refractivity contribution in [1.82, 2.24) is 4.98 Å². The van der Waals surface area contributed by atoms with Gasteiger partial charge in [0.05, 0.1) is 5.56 Å². The molecule has 0 radical (unpaired) electrons. The molecule has 0 bridgehead atoms. The van der Waals surface area contributed by atoms with E-state index in [1.165, 1.54) is 0 Å². The van der Waals surface area contributed by atoms with Gasteiger partial charge in [-0.15, -0.1) is 0 Å². The molecule has 0 aliphatic heterocycles. The Hall–Kier alpha value is -2.68. The van der Waals surface area contributed by atoms with Crippen molar-refractivity contribution in [3.05, 3.63) is 59.4 Å². The molecule has 0 saturated heterocycles. The zero-order valence-electron chi connectivity index (χ0n) is 18.8. The molecule has 4 rings (SSSR count). The molecule has 0 atom stereocenters. The summed E-state index contributed by atoms with van der Waals surface area (Å²) in [6.45, 7) is 9.80. The van der Waals surface area contributed by atoms with E-state index >= 15 is 0 Å². The van der Waals surface area contributed by atoms with Crippen LogP contribution in [-0.2, 0) is 13.4 Å². The molecule has 0 N–H and O–H groups in total. The summed E-state index contributed by atoms with van der Waals surface area (Å²) in [5.41, 5.74) is 5.48. The lowest BCUT2D eigenvalue weighted by molar-refractivity contribution is -0.660. The molecule has 0 fully saturated rings. The van der Waals surface area contributed by atoms with Crippen molar-refractivity contribution in [1.29, 1.82) is 0 Å². The van der Waals surface area contributed by atoms with E-state index in [1.54, 1.807) is 0 Å². The number of aromatic nitrogens is 2. The molecule has 1 aromatic carbocycles. The maximum absolute atomic E-state index is 8.70. The van der Waals surface area contributed by atoms with Crippen LogP contribution in [0.4, 0.5) is 0 Å². The summed E-state index contributed by atoms with van der Waals surface area (Å²) in [7, 11) is 1.98. The number of aryl methyl sites for hydroxylation is 3. The van der Waals surface area contributed by atoms with Crippen LogP contribution in [0, 0.1) is 19.3 Å². The van der Waals surface area contributed by atoms with Crippen molar-refractivity contribution < 1.29 is 11.7 Å². The third-order valence-electron chi connectivity index (χ3n) is 4.78. The van der Waals surface area contributed by atoms with Gasteiger partial charge >= 0.3 is 0 Å². The van der Waals surface area contributed by atoms with Crippen LogP contribution < -0.4 is 4.57 Å². The third kappa shape index (κ3) is 3.23. The van der Waals surface area contributed by atoms with Gasteiger partial charge in [-0.25, -0.2) is 9.55 Å². The third-order valence-corrected chi connectivity index (χ3v) is 4.78. The first-order valence-corrected chi connectivity index (χ1v) is 9.31. The van der Waals surface area contributed by atoms with Gasteiger partial charge in [-0.05, 0) is 48.9 Å². The highest BCUT2D eigenvalue weighted by Gasteiger charge is 2.22. The normalized spacial score (nSPS) is 13.9. The molecule has 0 spiro atoms. The average Bonchev–Trinajstić information content (AvgIpc) is 2.98. The van der Waals surface area contributed by atoms with Crippen LogP contribution in [0.15, 0.2) is 47.0 Å². The number of nitrogens with zero attached hydrogens (tertiary/aromatic N) is 2. The Kier molecular flexibility index (Phi) is 3.53. The second kappa shape index (κ2) is 6.19. The molecule has 27 heavy (non-hydrogen) atoms. The van der Waals surface area contributed by atoms with Gasteiger partial charge in [0, 0.05) is 31.3 Å². The predicted octanol–water partition coefficient (Wildman–Crippen LogP) is 5.68. The summed E-state index contributed by atoms with van der Waals surface area (Å²) >= 11 is 0. The van der Waals surface area contributed by atoms with Crippen LogP contribution in [0.2, 0.25) is 0 Å². The van der Waals surface area contributed by atoms with Crippen LogP contribution in [0.5, 0.6) is 0 Å². The number of pyridine rings is 2. The Morgan fingerprint density at radius 2 is 1.81 bits per heavy atom. The van der Waals surface area contributed by atoms with Gasteiger partial charge in [0.15, 0.2) is 11.8 Å². The first kappa shape index (κ1) is 15.4. The fourth-order valence-corrected chi connectivity index (χ4v) is 3.56. The number of fused-ring (bicyclic) bond motifs is 3. The van der Waals surface area contributed by atoms with Crippen LogP contribution in [0.25, 0.3) is 33.3 Å². The highest BCUT2D eigenvalue weighted by Crippen LogP contribution is 2.36. The standard InChI is InChI=1S/C24H27N2O/c1-15-7-9-18-19-10-8-16(2)25-23(19)27-22(18)21(15)20-13-17(11-12-26(20)6)14-24(3,4)5/h7-13H,14H2,1-6H3/q+1/i14D2. The first-order chi connectivity index (χ1) is 13.5. The molecular formula is C24H27N2O+. The molecule has 0 unspecified atom stereocenters. The Labute approximate surface area is 163 Å². The number of benzene rings is 1. The van der Waals surface area contributed by atoms with Crippen molar-refractivity contribution in [3.8, 4) is 11.3 Å². The molecule has 3 heteroatoms. The van der Waals surface area contributed by atoms with E-state index in [2.05, 4.69) is 30.1 Å². The zero-order chi connectivity index (χ0) is 21.1. The minimum absolute atomic E-state index is 0.522. The van der Waals surface area contributed by atoms with Crippen LogP contribution in [0.3, 0.4) is 0 Å². The second-order valence-electron chi connectivity index (χ2n) is 8.33. The van der Waals surface area contributed by atoms with Crippen molar-refractivity contribution in [2.75, 3.05) is 0 Å². The van der Waals surface area contributed by atoms with E-state index < -0.39 is 11.8 Å².